The van der Waals surface area contributed by atoms with E-state index in [9.17, 15) is 0 Å². The first-order valence-corrected chi connectivity index (χ1v) is 8.87. The smallest absolute Gasteiger partial charge is 0.140 e. The molecule has 0 saturated heterocycles. The Balaban J connectivity index is 0.000000924. The lowest BCUT2D eigenvalue weighted by Gasteiger charge is -2.08. The number of para-hydroxylation sites is 1. The van der Waals surface area contributed by atoms with E-state index in [0.717, 1.165) is 24.2 Å². The van der Waals surface area contributed by atoms with Crippen molar-refractivity contribution in [1.29, 1.82) is 0 Å². The van der Waals surface area contributed by atoms with Crippen molar-refractivity contribution in [3.63, 3.8) is 0 Å². The summed E-state index contributed by atoms with van der Waals surface area (Å²) in [6, 6.07) is 6.73. The average molecular weight is 311 g/mol. The molecule has 3 rings (SSSR count). The minimum absolute atomic E-state index is 0.248. The Morgan fingerprint density at radius 2 is 2.04 bits per heavy atom. The van der Waals surface area contributed by atoms with Crippen molar-refractivity contribution in [3.8, 4) is 0 Å². The summed E-state index contributed by atoms with van der Waals surface area (Å²) < 4.78 is 6.19. The zero-order valence-corrected chi connectivity index (χ0v) is 15.3. The van der Waals surface area contributed by atoms with E-state index in [2.05, 4.69) is 45.0 Å². The Morgan fingerprint density at radius 3 is 2.61 bits per heavy atom. The molecule has 1 aromatic carbocycles. The van der Waals surface area contributed by atoms with Crippen LogP contribution in [0.2, 0.25) is 0 Å². The summed E-state index contributed by atoms with van der Waals surface area (Å²) in [5, 5.41) is 1.25. The van der Waals surface area contributed by atoms with E-state index in [4.69, 9.17) is 9.41 Å². The standard InChI is InChI=1S/C19H23NO.C2H6/c1-5-8-18-14(6-2)15-9-7-10-16(19(15)21-18)17-11-12(3)13(4)20-17;1-2/h5,7-10,12,17H,6,11H2,1-4H3;1-2H3/b8-5-;. The van der Waals surface area contributed by atoms with Crippen molar-refractivity contribution in [2.45, 2.75) is 60.4 Å². The highest BCUT2D eigenvalue weighted by Crippen LogP contribution is 2.39. The number of benzene rings is 1. The first-order chi connectivity index (χ1) is 11.2. The molecule has 0 aliphatic carbocycles. The lowest BCUT2D eigenvalue weighted by atomic mass is 9.96. The van der Waals surface area contributed by atoms with Gasteiger partial charge in [0.25, 0.3) is 0 Å². The molecule has 2 heterocycles. The van der Waals surface area contributed by atoms with Gasteiger partial charge in [-0.25, -0.2) is 0 Å². The third-order valence-corrected chi connectivity index (χ3v) is 4.56. The van der Waals surface area contributed by atoms with Crippen LogP contribution in [0, 0.1) is 5.92 Å². The molecule has 2 unspecified atom stereocenters. The van der Waals surface area contributed by atoms with Crippen LogP contribution in [-0.2, 0) is 6.42 Å². The number of allylic oxidation sites excluding steroid dienone is 1. The monoisotopic (exact) mass is 311 g/mol. The van der Waals surface area contributed by atoms with Gasteiger partial charge in [0.2, 0.25) is 0 Å². The number of aliphatic imine (C=N–C) groups is 1. The van der Waals surface area contributed by atoms with Crippen molar-refractivity contribution in [1.82, 2.24) is 0 Å². The first kappa shape index (κ1) is 17.5. The predicted octanol–water partition coefficient (Wildman–Crippen LogP) is 6.60. The average Bonchev–Trinajstić information content (AvgIpc) is 3.09. The van der Waals surface area contributed by atoms with Crippen LogP contribution in [0.5, 0.6) is 0 Å². The lowest BCUT2D eigenvalue weighted by molar-refractivity contribution is 0.577. The molecular formula is C21H29NO. The van der Waals surface area contributed by atoms with Gasteiger partial charge < -0.3 is 4.42 Å². The van der Waals surface area contributed by atoms with Crippen LogP contribution in [0.3, 0.4) is 0 Å². The maximum absolute atomic E-state index is 6.19. The molecule has 0 radical (unpaired) electrons. The van der Waals surface area contributed by atoms with E-state index in [0.29, 0.717) is 5.92 Å². The minimum atomic E-state index is 0.248. The highest BCUT2D eigenvalue weighted by molar-refractivity contribution is 5.89. The van der Waals surface area contributed by atoms with Crippen LogP contribution in [-0.4, -0.2) is 5.71 Å². The fourth-order valence-electron chi connectivity index (χ4n) is 3.25. The van der Waals surface area contributed by atoms with Gasteiger partial charge in [0.1, 0.15) is 11.3 Å². The molecule has 0 fully saturated rings. The molecule has 0 saturated carbocycles. The number of fused-ring (bicyclic) bond motifs is 1. The van der Waals surface area contributed by atoms with E-state index < -0.39 is 0 Å². The van der Waals surface area contributed by atoms with Crippen LogP contribution in [0.15, 0.2) is 33.7 Å². The van der Waals surface area contributed by atoms with E-state index in [1.165, 1.54) is 22.2 Å². The van der Waals surface area contributed by atoms with Gasteiger partial charge in [-0.2, -0.15) is 0 Å². The van der Waals surface area contributed by atoms with E-state index in [1.807, 2.05) is 26.8 Å². The summed E-state index contributed by atoms with van der Waals surface area (Å²) in [4.78, 5) is 4.84. The molecule has 2 atom stereocenters. The highest BCUT2D eigenvalue weighted by atomic mass is 16.3. The molecule has 1 aliphatic rings. The van der Waals surface area contributed by atoms with Crippen molar-refractivity contribution in [2.75, 3.05) is 0 Å². The zero-order chi connectivity index (χ0) is 17.0. The second kappa shape index (κ2) is 7.63. The van der Waals surface area contributed by atoms with Crippen molar-refractivity contribution < 1.29 is 4.42 Å². The van der Waals surface area contributed by atoms with Crippen LogP contribution in [0.4, 0.5) is 0 Å². The SMILES string of the molecule is C/C=C\c1oc2c(C3CC(C)C(C)=N3)cccc2c1CC.CC. The number of furan rings is 1. The molecular weight excluding hydrogens is 282 g/mol. The largest absolute Gasteiger partial charge is 0.456 e. The Labute approximate surface area is 140 Å². The number of hydrogen-bond donors (Lipinski definition) is 0. The fourth-order valence-corrected chi connectivity index (χ4v) is 3.25. The van der Waals surface area contributed by atoms with Crippen LogP contribution in [0.25, 0.3) is 17.0 Å². The summed E-state index contributed by atoms with van der Waals surface area (Å²) >= 11 is 0. The van der Waals surface area contributed by atoms with Gasteiger partial charge in [0, 0.05) is 22.2 Å². The molecule has 0 amide bonds. The topological polar surface area (TPSA) is 25.5 Å². The van der Waals surface area contributed by atoms with E-state index in [1.54, 1.807) is 0 Å². The number of hydrogen-bond acceptors (Lipinski definition) is 2. The Bertz CT molecular complexity index is 721. The van der Waals surface area contributed by atoms with Gasteiger partial charge in [-0.3, -0.25) is 4.99 Å². The molecule has 1 aromatic heterocycles. The predicted molar refractivity (Wildman–Crippen MR) is 101 cm³/mol. The zero-order valence-electron chi connectivity index (χ0n) is 15.3. The summed E-state index contributed by atoms with van der Waals surface area (Å²) in [5.41, 5.74) is 4.82. The Hall–Kier alpha value is -1.83. The summed E-state index contributed by atoms with van der Waals surface area (Å²) in [5.74, 6) is 1.56. The van der Waals surface area contributed by atoms with Gasteiger partial charge in [-0.05, 0) is 38.7 Å². The quantitative estimate of drug-likeness (QED) is 0.627. The number of aryl methyl sites for hydroxylation is 1. The normalized spacial score (nSPS) is 20.7. The first-order valence-electron chi connectivity index (χ1n) is 8.87. The van der Waals surface area contributed by atoms with Crippen LogP contribution < -0.4 is 0 Å². The molecule has 2 nitrogen and oxygen atoms in total. The fraction of sp³-hybridized carbons (Fsp3) is 0.476. The van der Waals surface area contributed by atoms with Gasteiger partial charge >= 0.3 is 0 Å². The molecule has 0 spiro atoms. The van der Waals surface area contributed by atoms with Gasteiger partial charge in [-0.15, -0.1) is 0 Å². The maximum Gasteiger partial charge on any atom is 0.140 e. The number of nitrogens with zero attached hydrogens (tertiary/aromatic N) is 1. The van der Waals surface area contributed by atoms with Crippen molar-refractivity contribution in [3.05, 3.63) is 41.2 Å². The summed E-state index contributed by atoms with van der Waals surface area (Å²) in [6.45, 7) is 12.6. The van der Waals surface area contributed by atoms with Gasteiger partial charge in [0.15, 0.2) is 0 Å². The lowest BCUT2D eigenvalue weighted by Crippen LogP contribution is -1.99. The molecule has 0 bridgehead atoms. The summed E-state index contributed by atoms with van der Waals surface area (Å²) in [6.07, 6.45) is 6.18. The van der Waals surface area contributed by atoms with Gasteiger partial charge in [0.05, 0.1) is 6.04 Å². The third kappa shape index (κ3) is 3.26. The molecule has 2 aromatic rings. The molecule has 23 heavy (non-hydrogen) atoms. The maximum atomic E-state index is 6.19. The van der Waals surface area contributed by atoms with E-state index >= 15 is 0 Å². The molecule has 124 valence electrons. The highest BCUT2D eigenvalue weighted by Gasteiger charge is 2.26. The van der Waals surface area contributed by atoms with E-state index in [-0.39, 0.29) is 6.04 Å². The minimum Gasteiger partial charge on any atom is -0.456 e. The molecule has 2 heteroatoms. The summed E-state index contributed by atoms with van der Waals surface area (Å²) in [7, 11) is 0. The van der Waals surface area contributed by atoms with Crippen molar-refractivity contribution in [2.24, 2.45) is 10.9 Å². The third-order valence-electron chi connectivity index (χ3n) is 4.56. The number of rotatable bonds is 3. The second-order valence-corrected chi connectivity index (χ2v) is 5.95. The second-order valence-electron chi connectivity index (χ2n) is 5.95. The van der Waals surface area contributed by atoms with Gasteiger partial charge in [-0.1, -0.05) is 52.0 Å². The molecule has 0 N–H and O–H groups in total. The van der Waals surface area contributed by atoms with Crippen LogP contribution in [0.1, 0.15) is 70.9 Å². The Morgan fingerprint density at radius 1 is 1.30 bits per heavy atom. The Kier molecular flexibility index (Phi) is 5.81. The molecule has 1 aliphatic heterocycles. The van der Waals surface area contributed by atoms with Crippen molar-refractivity contribution >= 4 is 22.8 Å². The van der Waals surface area contributed by atoms with Crippen LogP contribution >= 0.6 is 0 Å².